The molecule has 3 rings (SSSR count). The van der Waals surface area contributed by atoms with Gasteiger partial charge in [-0.05, 0) is 44.7 Å². The third-order valence-electron chi connectivity index (χ3n) is 5.02. The number of nitrogens with one attached hydrogen (secondary N) is 2. The van der Waals surface area contributed by atoms with Gasteiger partial charge >= 0.3 is 12.0 Å². The number of para-hydroxylation sites is 2. The number of esters is 1. The van der Waals surface area contributed by atoms with E-state index in [0.717, 1.165) is 17.7 Å². The standard InChI is InChI=1S/C19H23N3O6/c1-11(16(24)20-13-6-4-5-7-14(13)27-3)28-15(23)10-22-17(25)19(2,12-8-9-12)21-18(22)26/h4-7,11-12H,8-10H2,1-3H3,(H,20,24)(H,21,26)/t11-,19+/m1/s1. The molecular weight excluding hydrogens is 366 g/mol. The Morgan fingerprint density at radius 2 is 2.00 bits per heavy atom. The zero-order chi connectivity index (χ0) is 20.5. The minimum absolute atomic E-state index is 0.0931. The number of carbonyl (C=O) groups excluding carboxylic acids is 4. The number of rotatable bonds is 7. The molecule has 0 bridgehead atoms. The van der Waals surface area contributed by atoms with Gasteiger partial charge in [0, 0.05) is 0 Å². The summed E-state index contributed by atoms with van der Waals surface area (Å²) in [6, 6.07) is 6.19. The lowest BCUT2D eigenvalue weighted by Gasteiger charge is -2.21. The van der Waals surface area contributed by atoms with Crippen LogP contribution in [0.2, 0.25) is 0 Å². The summed E-state index contributed by atoms with van der Waals surface area (Å²) in [6.45, 7) is 2.53. The third kappa shape index (κ3) is 3.78. The molecule has 1 aromatic carbocycles. The lowest BCUT2D eigenvalue weighted by molar-refractivity contribution is -0.155. The van der Waals surface area contributed by atoms with E-state index in [1.54, 1.807) is 31.2 Å². The van der Waals surface area contributed by atoms with E-state index in [-0.39, 0.29) is 5.92 Å². The van der Waals surface area contributed by atoms with Crippen LogP contribution in [0.25, 0.3) is 0 Å². The molecule has 9 heteroatoms. The Hall–Kier alpha value is -3.10. The van der Waals surface area contributed by atoms with E-state index in [1.807, 2.05) is 0 Å². The summed E-state index contributed by atoms with van der Waals surface area (Å²) in [5, 5.41) is 5.27. The highest BCUT2D eigenvalue weighted by Crippen LogP contribution is 2.42. The van der Waals surface area contributed by atoms with E-state index in [2.05, 4.69) is 10.6 Å². The van der Waals surface area contributed by atoms with Gasteiger partial charge in [-0.15, -0.1) is 0 Å². The van der Waals surface area contributed by atoms with E-state index in [1.165, 1.54) is 14.0 Å². The van der Waals surface area contributed by atoms with Crippen molar-refractivity contribution in [1.82, 2.24) is 10.2 Å². The molecule has 150 valence electrons. The summed E-state index contributed by atoms with van der Waals surface area (Å²) in [6.07, 6.45) is 0.607. The lowest BCUT2D eigenvalue weighted by atomic mass is 9.96. The van der Waals surface area contributed by atoms with Crippen molar-refractivity contribution in [3.8, 4) is 5.75 Å². The number of methoxy groups -OCH3 is 1. The van der Waals surface area contributed by atoms with Crippen molar-refractivity contribution in [3.63, 3.8) is 0 Å². The van der Waals surface area contributed by atoms with E-state index in [4.69, 9.17) is 9.47 Å². The van der Waals surface area contributed by atoms with Crippen LogP contribution in [0.15, 0.2) is 24.3 Å². The van der Waals surface area contributed by atoms with Gasteiger partial charge in [0.2, 0.25) is 0 Å². The fraction of sp³-hybridized carbons (Fsp3) is 0.474. The number of benzene rings is 1. The first-order valence-electron chi connectivity index (χ1n) is 9.03. The highest BCUT2D eigenvalue weighted by Gasteiger charge is 2.56. The predicted octanol–water partition coefficient (Wildman–Crippen LogP) is 1.29. The fourth-order valence-corrected chi connectivity index (χ4v) is 3.20. The number of amides is 4. The number of ether oxygens (including phenoxy) is 2. The van der Waals surface area contributed by atoms with Gasteiger partial charge in [-0.3, -0.25) is 19.3 Å². The Kier molecular flexibility index (Phi) is 5.26. The lowest BCUT2D eigenvalue weighted by Crippen LogP contribution is -2.46. The van der Waals surface area contributed by atoms with Crippen LogP contribution >= 0.6 is 0 Å². The van der Waals surface area contributed by atoms with Crippen molar-refractivity contribution >= 4 is 29.5 Å². The minimum Gasteiger partial charge on any atom is -0.495 e. The first-order valence-corrected chi connectivity index (χ1v) is 9.03. The molecule has 0 spiro atoms. The Labute approximate surface area is 162 Å². The number of imide groups is 1. The maximum absolute atomic E-state index is 12.5. The molecule has 2 atom stereocenters. The molecule has 28 heavy (non-hydrogen) atoms. The van der Waals surface area contributed by atoms with Crippen LogP contribution in [0, 0.1) is 5.92 Å². The van der Waals surface area contributed by atoms with Crippen LogP contribution < -0.4 is 15.4 Å². The van der Waals surface area contributed by atoms with Crippen LogP contribution in [0.4, 0.5) is 10.5 Å². The Morgan fingerprint density at radius 3 is 2.64 bits per heavy atom. The van der Waals surface area contributed by atoms with E-state index in [9.17, 15) is 19.2 Å². The van der Waals surface area contributed by atoms with Crippen LogP contribution in [-0.2, 0) is 19.1 Å². The van der Waals surface area contributed by atoms with Crippen LogP contribution in [0.3, 0.4) is 0 Å². The van der Waals surface area contributed by atoms with Crippen LogP contribution in [0.1, 0.15) is 26.7 Å². The molecule has 9 nitrogen and oxygen atoms in total. The number of anilines is 1. The molecule has 1 aliphatic heterocycles. The number of urea groups is 1. The molecule has 1 saturated heterocycles. The van der Waals surface area contributed by atoms with Gasteiger partial charge in [0.1, 0.15) is 17.8 Å². The van der Waals surface area contributed by atoms with Crippen molar-refractivity contribution < 1.29 is 28.7 Å². The minimum atomic E-state index is -1.12. The van der Waals surface area contributed by atoms with Gasteiger partial charge in [-0.2, -0.15) is 0 Å². The van der Waals surface area contributed by atoms with Crippen molar-refractivity contribution in [2.45, 2.75) is 38.3 Å². The molecule has 1 aliphatic carbocycles. The largest absolute Gasteiger partial charge is 0.495 e. The van der Waals surface area contributed by atoms with E-state index in [0.29, 0.717) is 11.4 Å². The summed E-state index contributed by atoms with van der Waals surface area (Å²) in [7, 11) is 1.47. The SMILES string of the molecule is COc1ccccc1NC(=O)[C@@H](C)OC(=O)CN1C(=O)N[C@@](C)(C2CC2)C1=O. The fourth-order valence-electron chi connectivity index (χ4n) is 3.20. The Balaban J connectivity index is 1.56. The molecule has 1 saturated carbocycles. The molecule has 1 heterocycles. The zero-order valence-corrected chi connectivity index (χ0v) is 16.0. The molecule has 2 N–H and O–H groups in total. The average Bonchev–Trinajstić information content (AvgIpc) is 3.48. The number of hydrogen-bond acceptors (Lipinski definition) is 6. The number of hydrogen-bond donors (Lipinski definition) is 2. The second-order valence-corrected chi connectivity index (χ2v) is 7.12. The van der Waals surface area contributed by atoms with Gasteiger partial charge in [0.25, 0.3) is 11.8 Å². The highest BCUT2D eigenvalue weighted by molar-refractivity contribution is 6.09. The molecule has 0 unspecified atom stereocenters. The predicted molar refractivity (Wildman–Crippen MR) is 98.6 cm³/mol. The highest BCUT2D eigenvalue weighted by atomic mass is 16.5. The third-order valence-corrected chi connectivity index (χ3v) is 5.02. The van der Waals surface area contributed by atoms with E-state index >= 15 is 0 Å². The molecule has 2 aliphatic rings. The molecule has 0 aromatic heterocycles. The van der Waals surface area contributed by atoms with Crippen molar-refractivity contribution in [1.29, 1.82) is 0 Å². The van der Waals surface area contributed by atoms with Gasteiger partial charge in [0.05, 0.1) is 12.8 Å². The Bertz CT molecular complexity index is 822. The summed E-state index contributed by atoms with van der Waals surface area (Å²) >= 11 is 0. The van der Waals surface area contributed by atoms with Gasteiger partial charge in [-0.1, -0.05) is 12.1 Å². The van der Waals surface area contributed by atoms with Gasteiger partial charge < -0.3 is 20.1 Å². The molecular formula is C19H23N3O6. The summed E-state index contributed by atoms with van der Waals surface area (Å²) < 4.78 is 10.2. The zero-order valence-electron chi connectivity index (χ0n) is 16.0. The molecule has 0 radical (unpaired) electrons. The second kappa shape index (κ2) is 7.49. The van der Waals surface area contributed by atoms with Gasteiger partial charge in [0.15, 0.2) is 6.10 Å². The van der Waals surface area contributed by atoms with Crippen LogP contribution in [-0.4, -0.2) is 54.0 Å². The number of carbonyl (C=O) groups is 4. The normalized spacial score (nSPS) is 22.5. The molecule has 2 fully saturated rings. The first kappa shape index (κ1) is 19.7. The van der Waals surface area contributed by atoms with Crippen molar-refractivity contribution in [2.75, 3.05) is 19.0 Å². The van der Waals surface area contributed by atoms with Crippen molar-refractivity contribution in [3.05, 3.63) is 24.3 Å². The van der Waals surface area contributed by atoms with Crippen molar-refractivity contribution in [2.24, 2.45) is 5.92 Å². The quantitative estimate of drug-likeness (QED) is 0.536. The maximum atomic E-state index is 12.5. The summed E-state index contributed by atoms with van der Waals surface area (Å²) in [5.41, 5.74) is -0.531. The van der Waals surface area contributed by atoms with Crippen LogP contribution in [0.5, 0.6) is 5.75 Å². The number of nitrogens with zero attached hydrogens (tertiary/aromatic N) is 1. The molecule has 4 amide bonds. The Morgan fingerprint density at radius 1 is 1.32 bits per heavy atom. The monoisotopic (exact) mass is 389 g/mol. The molecule has 1 aromatic rings. The van der Waals surface area contributed by atoms with E-state index < -0.39 is 42.0 Å². The average molecular weight is 389 g/mol. The summed E-state index contributed by atoms with van der Waals surface area (Å²) in [4.78, 5) is 49.9. The van der Waals surface area contributed by atoms with Gasteiger partial charge in [-0.25, -0.2) is 4.79 Å². The maximum Gasteiger partial charge on any atom is 0.327 e. The topological polar surface area (TPSA) is 114 Å². The smallest absolute Gasteiger partial charge is 0.327 e. The summed E-state index contributed by atoms with van der Waals surface area (Å²) in [5.74, 6) is -1.28. The first-order chi connectivity index (χ1) is 13.3. The second-order valence-electron chi connectivity index (χ2n) is 7.12.